The van der Waals surface area contributed by atoms with E-state index in [1.807, 2.05) is 11.3 Å². The lowest BCUT2D eigenvalue weighted by Crippen LogP contribution is -2.00. The number of hydrogen-bond acceptors (Lipinski definition) is 4. The van der Waals surface area contributed by atoms with Crippen LogP contribution in [0.5, 0.6) is 0 Å². The number of rotatable bonds is 6. The fourth-order valence-electron chi connectivity index (χ4n) is 8.06. The summed E-state index contributed by atoms with van der Waals surface area (Å²) in [6.45, 7) is 0. The molecule has 7 aromatic carbocycles. The van der Waals surface area contributed by atoms with Gasteiger partial charge in [0.15, 0.2) is 17.5 Å². The van der Waals surface area contributed by atoms with Crippen molar-refractivity contribution in [2.75, 3.05) is 0 Å². The number of nitrogens with zero attached hydrogens (tertiary/aromatic N) is 4. The van der Waals surface area contributed by atoms with Crippen LogP contribution in [0, 0.1) is 0 Å². The average molecular weight is 747 g/mol. The lowest BCUT2D eigenvalue weighted by molar-refractivity contribution is 1.07. The van der Waals surface area contributed by atoms with Crippen molar-refractivity contribution < 1.29 is 0 Å². The Morgan fingerprint density at radius 1 is 0.404 bits per heavy atom. The summed E-state index contributed by atoms with van der Waals surface area (Å²) in [5, 5.41) is 3.65. The van der Waals surface area contributed by atoms with Gasteiger partial charge in [0.2, 0.25) is 0 Å². The van der Waals surface area contributed by atoms with Crippen molar-refractivity contribution in [1.82, 2.24) is 19.5 Å². The van der Waals surface area contributed by atoms with Crippen LogP contribution in [0.25, 0.3) is 106 Å². The summed E-state index contributed by atoms with van der Waals surface area (Å²) in [6, 6.07) is 60.1. The SMILES string of the molecule is C1=Cc2sc3cc(-c4nc(-c5ccc(-c6cccc(-c7ccccc7)c6)cc5)nc(-c5ccc6c7ccccc7n(-c7ccccc7)c6c5)n4)ccc3c2C=CC1. The standard InChI is InChI=1S/C52H34N4S/c1-4-13-34(14-5-1)37-15-12-16-38(31-37)35-23-25-36(26-24-35)50-53-51(55-52(54-50)40-28-30-45-44-20-8-3-9-22-48(44)57-49(45)33-40)39-27-29-43-42-19-10-11-21-46(42)56(47(43)32-39)41-17-6-2-7-18-41/h1-2,4-33H,3H2. The Bertz CT molecular complexity index is 3190. The number of allylic oxidation sites excluding steroid dienone is 2. The van der Waals surface area contributed by atoms with Gasteiger partial charge in [-0.1, -0.05) is 152 Å². The number of thiophene rings is 1. The Morgan fingerprint density at radius 2 is 0.965 bits per heavy atom. The molecule has 0 aliphatic heterocycles. The van der Waals surface area contributed by atoms with E-state index in [4.69, 9.17) is 15.0 Å². The highest BCUT2D eigenvalue weighted by molar-refractivity contribution is 7.20. The quantitative estimate of drug-likeness (QED) is 0.170. The maximum absolute atomic E-state index is 5.22. The summed E-state index contributed by atoms with van der Waals surface area (Å²) >= 11 is 1.81. The van der Waals surface area contributed by atoms with Crippen LogP contribution in [0.15, 0.2) is 182 Å². The highest BCUT2D eigenvalue weighted by atomic mass is 32.1. The first kappa shape index (κ1) is 33.2. The van der Waals surface area contributed by atoms with E-state index in [1.165, 1.54) is 42.4 Å². The van der Waals surface area contributed by atoms with Crippen LogP contribution in [0.4, 0.5) is 0 Å². The van der Waals surface area contributed by atoms with E-state index in [0.717, 1.165) is 51.0 Å². The van der Waals surface area contributed by atoms with Crippen molar-refractivity contribution in [2.24, 2.45) is 0 Å². The fourth-order valence-corrected chi connectivity index (χ4v) is 9.22. The van der Waals surface area contributed by atoms with Crippen molar-refractivity contribution in [3.63, 3.8) is 0 Å². The van der Waals surface area contributed by atoms with Gasteiger partial charge < -0.3 is 4.57 Å². The number of para-hydroxylation sites is 2. The third-order valence-electron chi connectivity index (χ3n) is 10.9. The summed E-state index contributed by atoms with van der Waals surface area (Å²) < 4.78 is 3.55. The van der Waals surface area contributed by atoms with Gasteiger partial charge in [0.1, 0.15) is 0 Å². The molecule has 1 aliphatic rings. The Kier molecular flexibility index (Phi) is 8.04. The highest BCUT2D eigenvalue weighted by Gasteiger charge is 2.18. The molecule has 0 saturated heterocycles. The Balaban J connectivity index is 1.06. The number of fused-ring (bicyclic) bond motifs is 6. The van der Waals surface area contributed by atoms with E-state index >= 15 is 0 Å². The molecule has 268 valence electrons. The van der Waals surface area contributed by atoms with E-state index in [-0.39, 0.29) is 0 Å². The zero-order valence-electron chi connectivity index (χ0n) is 30.9. The molecule has 5 heteroatoms. The topological polar surface area (TPSA) is 43.6 Å². The van der Waals surface area contributed by atoms with E-state index in [0.29, 0.717) is 17.5 Å². The van der Waals surface area contributed by atoms with Crippen LogP contribution >= 0.6 is 11.3 Å². The monoisotopic (exact) mass is 746 g/mol. The van der Waals surface area contributed by atoms with E-state index < -0.39 is 0 Å². The molecule has 0 radical (unpaired) electrons. The summed E-state index contributed by atoms with van der Waals surface area (Å²) in [4.78, 5) is 16.9. The van der Waals surface area contributed by atoms with Gasteiger partial charge in [-0.25, -0.2) is 15.0 Å². The van der Waals surface area contributed by atoms with Crippen LogP contribution in [-0.2, 0) is 0 Å². The van der Waals surface area contributed by atoms with Crippen LogP contribution < -0.4 is 0 Å². The zero-order valence-corrected chi connectivity index (χ0v) is 31.7. The summed E-state index contributed by atoms with van der Waals surface area (Å²) in [6.07, 6.45) is 9.90. The maximum atomic E-state index is 5.22. The van der Waals surface area contributed by atoms with Gasteiger partial charge in [0.05, 0.1) is 11.0 Å². The van der Waals surface area contributed by atoms with Crippen LogP contribution in [-0.4, -0.2) is 19.5 Å². The Labute approximate surface area is 334 Å². The van der Waals surface area contributed by atoms with Crippen LogP contribution in [0.3, 0.4) is 0 Å². The molecule has 0 amide bonds. The summed E-state index contributed by atoms with van der Waals surface area (Å²) in [7, 11) is 0. The van der Waals surface area contributed by atoms with Gasteiger partial charge in [0, 0.05) is 48.1 Å². The third-order valence-corrected chi connectivity index (χ3v) is 12.0. The maximum Gasteiger partial charge on any atom is 0.164 e. The molecule has 0 atom stereocenters. The van der Waals surface area contributed by atoms with Crippen molar-refractivity contribution in [1.29, 1.82) is 0 Å². The van der Waals surface area contributed by atoms with Crippen molar-refractivity contribution in [2.45, 2.75) is 6.42 Å². The van der Waals surface area contributed by atoms with Crippen LogP contribution in [0.1, 0.15) is 16.9 Å². The molecule has 0 unspecified atom stereocenters. The van der Waals surface area contributed by atoms with Gasteiger partial charge in [-0.2, -0.15) is 0 Å². The second kappa shape index (κ2) is 13.8. The average Bonchev–Trinajstić information content (AvgIpc) is 3.70. The van der Waals surface area contributed by atoms with Crippen LogP contribution in [0.2, 0.25) is 0 Å². The van der Waals surface area contributed by atoms with E-state index in [2.05, 4.69) is 199 Å². The first-order valence-corrected chi connectivity index (χ1v) is 20.1. The van der Waals surface area contributed by atoms with Gasteiger partial charge >= 0.3 is 0 Å². The lowest BCUT2D eigenvalue weighted by atomic mass is 9.98. The molecule has 4 nitrogen and oxygen atoms in total. The van der Waals surface area contributed by atoms with Gasteiger partial charge in [-0.05, 0) is 76.7 Å². The molecular weight excluding hydrogens is 713 g/mol. The molecule has 0 N–H and O–H groups in total. The minimum atomic E-state index is 0.634. The molecule has 11 rings (SSSR count). The molecule has 3 heterocycles. The number of hydrogen-bond donors (Lipinski definition) is 0. The smallest absolute Gasteiger partial charge is 0.164 e. The molecule has 57 heavy (non-hydrogen) atoms. The molecule has 0 fully saturated rings. The highest BCUT2D eigenvalue weighted by Crippen LogP contribution is 2.39. The van der Waals surface area contributed by atoms with Crippen molar-refractivity contribution in [3.05, 3.63) is 192 Å². The lowest BCUT2D eigenvalue weighted by Gasteiger charge is -2.11. The van der Waals surface area contributed by atoms with E-state index in [9.17, 15) is 0 Å². The largest absolute Gasteiger partial charge is 0.309 e. The van der Waals surface area contributed by atoms with Crippen molar-refractivity contribution >= 4 is 55.4 Å². The van der Waals surface area contributed by atoms with E-state index in [1.54, 1.807) is 0 Å². The molecule has 0 spiro atoms. The molecule has 0 bridgehead atoms. The van der Waals surface area contributed by atoms with Gasteiger partial charge in [-0.15, -0.1) is 11.3 Å². The van der Waals surface area contributed by atoms with Crippen molar-refractivity contribution in [3.8, 4) is 62.1 Å². The normalized spacial score (nSPS) is 12.4. The molecule has 3 aromatic heterocycles. The second-order valence-corrected chi connectivity index (χ2v) is 15.5. The third kappa shape index (κ3) is 5.97. The molecule has 0 saturated carbocycles. The van der Waals surface area contributed by atoms with Gasteiger partial charge in [0.25, 0.3) is 0 Å². The summed E-state index contributed by atoms with van der Waals surface area (Å²) in [5.41, 5.74) is 12.2. The minimum absolute atomic E-state index is 0.634. The fraction of sp³-hybridized carbons (Fsp3) is 0.0192. The zero-order chi connectivity index (χ0) is 37.7. The van der Waals surface area contributed by atoms with Gasteiger partial charge in [-0.3, -0.25) is 0 Å². The minimum Gasteiger partial charge on any atom is -0.309 e. The number of benzene rings is 7. The molecule has 1 aliphatic carbocycles. The molecular formula is C52H34N4S. The Morgan fingerprint density at radius 3 is 1.74 bits per heavy atom. The first-order valence-electron chi connectivity index (χ1n) is 19.2. The predicted molar refractivity (Wildman–Crippen MR) is 239 cm³/mol. The summed E-state index contributed by atoms with van der Waals surface area (Å²) in [5.74, 6) is 1.92. The predicted octanol–water partition coefficient (Wildman–Crippen LogP) is 13.9. The molecule has 10 aromatic rings. The first-order chi connectivity index (χ1) is 28.2. The number of aromatic nitrogens is 4. The second-order valence-electron chi connectivity index (χ2n) is 14.4. The Hall–Kier alpha value is -7.21.